The number of hydrogen-bond acceptors (Lipinski definition) is 4. The molecule has 7 heteroatoms. The SMILES string of the molecule is O=C1NN(c2ccccc2)C(=O)/C1=C\c1ccc(OC(=O)c2ccccc2Cl)cc1. The van der Waals surface area contributed by atoms with Crippen LogP contribution in [0.15, 0.2) is 84.4 Å². The Labute approximate surface area is 177 Å². The molecule has 0 aliphatic carbocycles. The Hall–Kier alpha value is -3.90. The van der Waals surface area contributed by atoms with Crippen molar-refractivity contribution < 1.29 is 19.1 Å². The lowest BCUT2D eigenvalue weighted by Gasteiger charge is -2.13. The van der Waals surface area contributed by atoms with Crippen LogP contribution in [0.5, 0.6) is 5.75 Å². The number of halogens is 1. The third-order valence-corrected chi connectivity index (χ3v) is 4.73. The summed E-state index contributed by atoms with van der Waals surface area (Å²) in [5, 5.41) is 1.51. The maximum Gasteiger partial charge on any atom is 0.345 e. The summed E-state index contributed by atoms with van der Waals surface area (Å²) in [7, 11) is 0. The molecule has 0 saturated carbocycles. The van der Waals surface area contributed by atoms with Gasteiger partial charge >= 0.3 is 5.97 Å². The van der Waals surface area contributed by atoms with Crippen LogP contribution >= 0.6 is 11.6 Å². The molecule has 0 aromatic heterocycles. The highest BCUT2D eigenvalue weighted by Crippen LogP contribution is 2.23. The number of para-hydroxylation sites is 1. The third kappa shape index (κ3) is 3.94. The minimum atomic E-state index is -0.574. The first kappa shape index (κ1) is 19.4. The molecule has 0 bridgehead atoms. The first-order valence-corrected chi connectivity index (χ1v) is 9.40. The Morgan fingerprint density at radius 2 is 1.57 bits per heavy atom. The van der Waals surface area contributed by atoms with Gasteiger partial charge in [-0.2, -0.15) is 0 Å². The average molecular weight is 419 g/mol. The van der Waals surface area contributed by atoms with Gasteiger partial charge in [0.1, 0.15) is 11.3 Å². The number of hydrazine groups is 1. The molecule has 3 aromatic rings. The second-order valence-electron chi connectivity index (χ2n) is 6.41. The fourth-order valence-electron chi connectivity index (χ4n) is 2.90. The summed E-state index contributed by atoms with van der Waals surface area (Å²) in [5.74, 6) is -1.19. The fraction of sp³-hybridized carbons (Fsp3) is 0. The maximum absolute atomic E-state index is 12.6. The van der Waals surface area contributed by atoms with E-state index in [1.54, 1.807) is 72.8 Å². The highest BCUT2D eigenvalue weighted by Gasteiger charge is 2.34. The van der Waals surface area contributed by atoms with Crippen molar-refractivity contribution in [3.8, 4) is 5.75 Å². The van der Waals surface area contributed by atoms with Gasteiger partial charge in [0, 0.05) is 0 Å². The Morgan fingerprint density at radius 1 is 0.900 bits per heavy atom. The topological polar surface area (TPSA) is 75.7 Å². The number of anilines is 1. The molecule has 0 radical (unpaired) electrons. The van der Waals surface area contributed by atoms with E-state index in [-0.39, 0.29) is 11.1 Å². The first-order chi connectivity index (χ1) is 14.5. The highest BCUT2D eigenvalue weighted by atomic mass is 35.5. The Morgan fingerprint density at radius 3 is 2.27 bits per heavy atom. The molecule has 0 spiro atoms. The summed E-state index contributed by atoms with van der Waals surface area (Å²) in [5.41, 5.74) is 4.01. The lowest BCUT2D eigenvalue weighted by molar-refractivity contribution is -0.117. The van der Waals surface area contributed by atoms with Gasteiger partial charge in [-0.15, -0.1) is 0 Å². The summed E-state index contributed by atoms with van der Waals surface area (Å²) in [6.45, 7) is 0. The van der Waals surface area contributed by atoms with Gasteiger partial charge in [-0.3, -0.25) is 15.0 Å². The number of amides is 2. The minimum absolute atomic E-state index is 0.0136. The zero-order valence-electron chi connectivity index (χ0n) is 15.5. The molecule has 148 valence electrons. The van der Waals surface area contributed by atoms with Crippen molar-refractivity contribution in [3.63, 3.8) is 0 Å². The second-order valence-corrected chi connectivity index (χ2v) is 6.82. The van der Waals surface area contributed by atoms with Gasteiger partial charge < -0.3 is 4.74 Å². The number of benzene rings is 3. The molecule has 0 atom stereocenters. The largest absolute Gasteiger partial charge is 0.423 e. The molecule has 1 aliphatic heterocycles. The summed E-state index contributed by atoms with van der Waals surface area (Å²) >= 11 is 6.01. The number of rotatable bonds is 4. The quantitative estimate of drug-likeness (QED) is 0.300. The Balaban J connectivity index is 1.50. The van der Waals surface area contributed by atoms with Crippen molar-refractivity contribution in [3.05, 3.63) is 101 Å². The molecular formula is C23H15ClN2O4. The first-order valence-electron chi connectivity index (χ1n) is 9.02. The lowest BCUT2D eigenvalue weighted by Crippen LogP contribution is -2.35. The third-order valence-electron chi connectivity index (χ3n) is 4.40. The van der Waals surface area contributed by atoms with E-state index in [1.165, 1.54) is 11.1 Å². The number of nitrogens with one attached hydrogen (secondary N) is 1. The maximum atomic E-state index is 12.6. The molecule has 1 aliphatic rings. The van der Waals surface area contributed by atoms with Crippen molar-refractivity contribution in [1.29, 1.82) is 0 Å². The number of nitrogens with zero attached hydrogens (tertiary/aromatic N) is 1. The van der Waals surface area contributed by atoms with Crippen LogP contribution in [-0.4, -0.2) is 17.8 Å². The van der Waals surface area contributed by atoms with Gasteiger partial charge in [0.25, 0.3) is 11.8 Å². The zero-order valence-corrected chi connectivity index (χ0v) is 16.3. The van der Waals surface area contributed by atoms with Crippen LogP contribution in [0.4, 0.5) is 5.69 Å². The highest BCUT2D eigenvalue weighted by molar-refractivity contribution is 6.33. The van der Waals surface area contributed by atoms with Crippen LogP contribution in [0.2, 0.25) is 5.02 Å². The summed E-state index contributed by atoms with van der Waals surface area (Å²) < 4.78 is 5.32. The minimum Gasteiger partial charge on any atom is -0.423 e. The van der Waals surface area contributed by atoms with Crippen LogP contribution in [0, 0.1) is 0 Å². The average Bonchev–Trinajstić information content (AvgIpc) is 3.04. The van der Waals surface area contributed by atoms with Gasteiger partial charge in [0.05, 0.1) is 16.3 Å². The monoisotopic (exact) mass is 418 g/mol. The number of ether oxygens (including phenoxy) is 1. The van der Waals surface area contributed by atoms with E-state index in [4.69, 9.17) is 16.3 Å². The molecule has 0 unspecified atom stereocenters. The van der Waals surface area contributed by atoms with Gasteiger partial charge in [0.2, 0.25) is 0 Å². The number of carbonyl (C=O) groups is 3. The van der Waals surface area contributed by atoms with Crippen molar-refractivity contribution in [2.24, 2.45) is 0 Å². The van der Waals surface area contributed by atoms with Crippen LogP contribution in [-0.2, 0) is 9.59 Å². The molecule has 3 aromatic carbocycles. The van der Waals surface area contributed by atoms with Gasteiger partial charge in [-0.1, -0.05) is 54.1 Å². The Kier molecular flexibility index (Phi) is 5.32. The zero-order chi connectivity index (χ0) is 21.1. The van der Waals surface area contributed by atoms with E-state index >= 15 is 0 Å². The normalized spacial score (nSPS) is 14.7. The predicted octanol–water partition coefficient (Wildman–Crippen LogP) is 4.02. The predicted molar refractivity (Wildman–Crippen MR) is 113 cm³/mol. The van der Waals surface area contributed by atoms with E-state index in [1.807, 2.05) is 6.07 Å². The molecule has 1 N–H and O–H groups in total. The molecular weight excluding hydrogens is 404 g/mol. The summed E-state index contributed by atoms with van der Waals surface area (Å²) in [6.07, 6.45) is 1.49. The van der Waals surface area contributed by atoms with E-state index < -0.39 is 17.8 Å². The smallest absolute Gasteiger partial charge is 0.345 e. The Bertz CT molecular complexity index is 1160. The lowest BCUT2D eigenvalue weighted by atomic mass is 10.1. The van der Waals surface area contributed by atoms with Crippen LogP contribution in [0.3, 0.4) is 0 Å². The number of esters is 1. The standard InChI is InChI=1S/C23H15ClN2O4/c24-20-9-5-4-8-18(20)23(29)30-17-12-10-15(11-13-17)14-19-21(27)25-26(22(19)28)16-6-2-1-3-7-16/h1-14H,(H,25,27)/b19-14-. The second kappa shape index (κ2) is 8.23. The molecule has 30 heavy (non-hydrogen) atoms. The van der Waals surface area contributed by atoms with Crippen molar-refractivity contribution >= 4 is 41.1 Å². The molecule has 2 amide bonds. The van der Waals surface area contributed by atoms with Crippen molar-refractivity contribution in [2.75, 3.05) is 5.01 Å². The van der Waals surface area contributed by atoms with Crippen LogP contribution < -0.4 is 15.2 Å². The fourth-order valence-corrected chi connectivity index (χ4v) is 3.12. The van der Waals surface area contributed by atoms with E-state index in [0.29, 0.717) is 22.0 Å². The number of carbonyl (C=O) groups excluding carboxylic acids is 3. The molecule has 1 fully saturated rings. The van der Waals surface area contributed by atoms with Gasteiger partial charge in [0.15, 0.2) is 0 Å². The van der Waals surface area contributed by atoms with Crippen molar-refractivity contribution in [1.82, 2.24) is 5.43 Å². The molecule has 1 heterocycles. The van der Waals surface area contributed by atoms with Gasteiger partial charge in [-0.05, 0) is 48.0 Å². The van der Waals surface area contributed by atoms with Crippen LogP contribution in [0.25, 0.3) is 6.08 Å². The molecule has 4 rings (SSSR count). The van der Waals surface area contributed by atoms with E-state index in [2.05, 4.69) is 5.43 Å². The van der Waals surface area contributed by atoms with Gasteiger partial charge in [-0.25, -0.2) is 9.80 Å². The molecule has 1 saturated heterocycles. The van der Waals surface area contributed by atoms with Crippen molar-refractivity contribution in [2.45, 2.75) is 0 Å². The summed E-state index contributed by atoms with van der Waals surface area (Å²) in [6, 6.07) is 21.9. The summed E-state index contributed by atoms with van der Waals surface area (Å²) in [4.78, 5) is 37.1. The van der Waals surface area contributed by atoms with E-state index in [9.17, 15) is 14.4 Å². The van der Waals surface area contributed by atoms with Crippen LogP contribution in [0.1, 0.15) is 15.9 Å². The molecule has 6 nitrogen and oxygen atoms in total. The number of hydrogen-bond donors (Lipinski definition) is 1. The van der Waals surface area contributed by atoms with E-state index in [0.717, 1.165) is 0 Å².